The molecule has 202 valence electrons. The molecule has 1 spiro atoms. The summed E-state index contributed by atoms with van der Waals surface area (Å²) in [5.74, 6) is 8.03. The molecule has 0 bridgehead atoms. The molecule has 2 unspecified atom stereocenters. The van der Waals surface area contributed by atoms with Crippen LogP contribution in [-0.2, 0) is 6.54 Å². The van der Waals surface area contributed by atoms with Crippen LogP contribution < -0.4 is 5.84 Å². The van der Waals surface area contributed by atoms with Gasteiger partial charge in [0.15, 0.2) is 0 Å². The Bertz CT molecular complexity index is 1200. The molecular weight excluding hydrogens is 478 g/mol. The van der Waals surface area contributed by atoms with E-state index in [1.54, 1.807) is 4.68 Å². The fourth-order valence-electron chi connectivity index (χ4n) is 7.30. The molecule has 0 radical (unpaired) electrons. The number of benzene rings is 1. The van der Waals surface area contributed by atoms with Gasteiger partial charge in [-0.05, 0) is 55.2 Å². The van der Waals surface area contributed by atoms with Gasteiger partial charge in [-0.15, -0.1) is 0 Å². The molecule has 2 aromatic rings. The number of fused-ring (bicyclic) bond motifs is 3. The highest BCUT2D eigenvalue weighted by molar-refractivity contribution is 6.31. The molecule has 0 amide bonds. The lowest BCUT2D eigenvalue weighted by Crippen LogP contribution is -2.60. The third-order valence-electron chi connectivity index (χ3n) is 9.63. The van der Waals surface area contributed by atoms with Crippen molar-refractivity contribution in [1.29, 1.82) is 0 Å². The van der Waals surface area contributed by atoms with Crippen molar-refractivity contribution < 1.29 is 0 Å². The molecule has 5 nitrogen and oxygen atoms in total. The van der Waals surface area contributed by atoms with Crippen LogP contribution in [0.2, 0.25) is 5.02 Å². The van der Waals surface area contributed by atoms with E-state index in [1.165, 1.54) is 56.3 Å². The van der Waals surface area contributed by atoms with Crippen molar-refractivity contribution in [2.45, 2.75) is 92.2 Å². The van der Waals surface area contributed by atoms with Crippen LogP contribution in [0.25, 0.3) is 11.0 Å². The summed E-state index contributed by atoms with van der Waals surface area (Å²) in [6.45, 7) is 23.9. The predicted molar refractivity (Wildman–Crippen MR) is 156 cm³/mol. The van der Waals surface area contributed by atoms with Gasteiger partial charge in [-0.3, -0.25) is 0 Å². The number of likely N-dealkylation sites (tertiary alicyclic amines) is 2. The Morgan fingerprint density at radius 1 is 1.14 bits per heavy atom. The van der Waals surface area contributed by atoms with Gasteiger partial charge >= 0.3 is 0 Å². The van der Waals surface area contributed by atoms with Gasteiger partial charge in [-0.2, -0.15) is 0 Å². The molecule has 5 rings (SSSR count). The molecule has 2 atom stereocenters. The van der Waals surface area contributed by atoms with Crippen LogP contribution in [0.4, 0.5) is 0 Å². The Labute approximate surface area is 228 Å². The first-order valence-electron chi connectivity index (χ1n) is 14.1. The van der Waals surface area contributed by atoms with Gasteiger partial charge < -0.3 is 15.6 Å². The Morgan fingerprint density at radius 3 is 2.54 bits per heavy atom. The largest absolute Gasteiger partial charge is 0.373 e. The molecule has 1 saturated carbocycles. The summed E-state index contributed by atoms with van der Waals surface area (Å²) < 4.78 is 1.71. The van der Waals surface area contributed by atoms with Crippen molar-refractivity contribution in [1.82, 2.24) is 19.5 Å². The third kappa shape index (κ3) is 4.66. The minimum Gasteiger partial charge on any atom is -0.373 e. The van der Waals surface area contributed by atoms with Crippen LogP contribution in [-0.4, -0.2) is 38.6 Å². The smallest absolute Gasteiger partial charge is 0.147 e. The van der Waals surface area contributed by atoms with Gasteiger partial charge in [0.1, 0.15) is 5.82 Å². The Morgan fingerprint density at radius 2 is 1.84 bits per heavy atom. The first kappa shape index (κ1) is 26.5. The minimum absolute atomic E-state index is 0.115. The average molecular weight is 524 g/mol. The summed E-state index contributed by atoms with van der Waals surface area (Å²) in [6, 6.07) is 6.24. The monoisotopic (exact) mass is 523 g/mol. The van der Waals surface area contributed by atoms with Gasteiger partial charge in [0, 0.05) is 46.4 Å². The zero-order valence-corrected chi connectivity index (χ0v) is 24.4. The SMILES string of the molecule is C=C(N1CC2(C1)C(=C)N(Cc1nc3ccc(Cl)cc3n1N)C1CCCCC12)C(C)(C)CCCC(C)(C)C. The van der Waals surface area contributed by atoms with E-state index in [1.807, 2.05) is 18.2 Å². The quantitative estimate of drug-likeness (QED) is 0.385. The van der Waals surface area contributed by atoms with Crippen LogP contribution in [0.15, 0.2) is 42.8 Å². The van der Waals surface area contributed by atoms with Crippen LogP contribution >= 0.6 is 11.6 Å². The third-order valence-corrected chi connectivity index (χ3v) is 9.87. The zero-order valence-electron chi connectivity index (χ0n) is 23.6. The summed E-state index contributed by atoms with van der Waals surface area (Å²) in [5.41, 5.74) is 4.99. The van der Waals surface area contributed by atoms with Crippen molar-refractivity contribution in [3.8, 4) is 0 Å². The molecule has 37 heavy (non-hydrogen) atoms. The maximum Gasteiger partial charge on any atom is 0.147 e. The number of hydrogen-bond acceptors (Lipinski definition) is 4. The molecule has 3 fully saturated rings. The van der Waals surface area contributed by atoms with E-state index in [2.05, 4.69) is 51.0 Å². The van der Waals surface area contributed by atoms with Crippen LogP contribution in [0.5, 0.6) is 0 Å². The van der Waals surface area contributed by atoms with Crippen molar-refractivity contribution in [2.75, 3.05) is 18.9 Å². The fourth-order valence-corrected chi connectivity index (χ4v) is 7.46. The zero-order chi connectivity index (χ0) is 26.8. The van der Waals surface area contributed by atoms with E-state index in [-0.39, 0.29) is 10.8 Å². The Hall–Kier alpha value is -2.14. The first-order chi connectivity index (χ1) is 17.3. The van der Waals surface area contributed by atoms with Crippen molar-refractivity contribution in [2.24, 2.45) is 22.2 Å². The van der Waals surface area contributed by atoms with E-state index in [9.17, 15) is 0 Å². The molecule has 2 N–H and O–H groups in total. The van der Waals surface area contributed by atoms with E-state index >= 15 is 0 Å². The second-order valence-electron chi connectivity index (χ2n) is 13.8. The van der Waals surface area contributed by atoms with Crippen LogP contribution in [0, 0.1) is 22.2 Å². The molecule has 6 heteroatoms. The summed E-state index contributed by atoms with van der Waals surface area (Å²) in [6.07, 6.45) is 8.78. The number of halogens is 1. The summed E-state index contributed by atoms with van der Waals surface area (Å²) in [4.78, 5) is 9.97. The predicted octanol–water partition coefficient (Wildman–Crippen LogP) is 7.35. The fraction of sp³-hybridized carbons (Fsp3) is 0.645. The van der Waals surface area contributed by atoms with Crippen LogP contribution in [0.3, 0.4) is 0 Å². The van der Waals surface area contributed by atoms with Gasteiger partial charge in [0.05, 0.1) is 17.6 Å². The molecule has 1 aromatic carbocycles. The number of nitrogens with two attached hydrogens (primary N) is 1. The van der Waals surface area contributed by atoms with Gasteiger partial charge in [0.25, 0.3) is 0 Å². The van der Waals surface area contributed by atoms with E-state index in [4.69, 9.17) is 29.0 Å². The lowest BCUT2D eigenvalue weighted by molar-refractivity contribution is -0.00459. The molecule has 3 aliphatic rings. The highest BCUT2D eigenvalue weighted by Crippen LogP contribution is 2.59. The maximum atomic E-state index is 6.51. The van der Waals surface area contributed by atoms with Crippen molar-refractivity contribution >= 4 is 22.6 Å². The van der Waals surface area contributed by atoms with E-state index in [0.29, 0.717) is 28.9 Å². The molecule has 1 aliphatic carbocycles. The number of hydrogen-bond donors (Lipinski definition) is 1. The highest BCUT2D eigenvalue weighted by atomic mass is 35.5. The van der Waals surface area contributed by atoms with Crippen LogP contribution in [0.1, 0.15) is 85.4 Å². The summed E-state index contributed by atoms with van der Waals surface area (Å²) in [7, 11) is 0. The number of nitrogens with zero attached hydrogens (tertiary/aromatic N) is 4. The number of allylic oxidation sites excluding steroid dienone is 1. The second-order valence-corrected chi connectivity index (χ2v) is 14.3. The lowest BCUT2D eigenvalue weighted by Gasteiger charge is -2.56. The van der Waals surface area contributed by atoms with Gasteiger partial charge in [0.2, 0.25) is 0 Å². The summed E-state index contributed by atoms with van der Waals surface area (Å²) >= 11 is 6.23. The maximum absolute atomic E-state index is 6.51. The van der Waals surface area contributed by atoms with E-state index in [0.717, 1.165) is 29.9 Å². The standard InChI is InChI=1S/C31H46ClN5/c1-21(30(6,7)16-10-15-29(3,4)5)35-19-31(20-35)22(2)36(26-12-9-8-11-24(26)31)18-28-34-25-14-13-23(32)17-27(25)37(28)33/h13-14,17,24,26H,1-2,8-12,15-16,18-20,33H2,3-7H3. The highest BCUT2D eigenvalue weighted by Gasteiger charge is 2.61. The number of nitrogen functional groups attached to an aromatic ring is 1. The molecule has 3 heterocycles. The van der Waals surface area contributed by atoms with Crippen molar-refractivity contribution in [3.63, 3.8) is 0 Å². The van der Waals surface area contributed by atoms with Crippen molar-refractivity contribution in [3.05, 3.63) is 53.6 Å². The van der Waals surface area contributed by atoms with Gasteiger partial charge in [-0.1, -0.05) is 78.6 Å². The van der Waals surface area contributed by atoms with E-state index < -0.39 is 0 Å². The lowest BCUT2D eigenvalue weighted by atomic mass is 9.63. The Kier molecular flexibility index (Phi) is 6.62. The number of aromatic nitrogens is 2. The van der Waals surface area contributed by atoms with Gasteiger partial charge in [-0.25, -0.2) is 9.66 Å². The summed E-state index contributed by atoms with van der Waals surface area (Å²) in [5, 5.41) is 0.679. The number of imidazole rings is 1. The number of rotatable bonds is 7. The Balaban J connectivity index is 1.32. The molecule has 2 aliphatic heterocycles. The molecular formula is C31H46ClN5. The topological polar surface area (TPSA) is 50.3 Å². The molecule has 1 aromatic heterocycles. The first-order valence-corrected chi connectivity index (χ1v) is 14.5. The average Bonchev–Trinajstić information content (AvgIpc) is 3.23. The second kappa shape index (κ2) is 9.25. The molecule has 2 saturated heterocycles. The minimum atomic E-state index is 0.115. The normalized spacial score (nSPS) is 23.6.